The number of benzene rings is 2. The van der Waals surface area contributed by atoms with Crippen LogP contribution < -0.4 is 5.32 Å². The highest BCUT2D eigenvalue weighted by atomic mass is 32.2. The molecule has 0 saturated heterocycles. The van der Waals surface area contributed by atoms with E-state index in [-0.39, 0.29) is 27.5 Å². The van der Waals surface area contributed by atoms with Crippen LogP contribution in [0.3, 0.4) is 0 Å². The highest BCUT2D eigenvalue weighted by Gasteiger charge is 2.38. The van der Waals surface area contributed by atoms with E-state index in [1.165, 1.54) is 11.6 Å². The zero-order valence-electron chi connectivity index (χ0n) is 14.4. The normalized spacial score (nSPS) is 16.0. The van der Waals surface area contributed by atoms with Gasteiger partial charge < -0.3 is 5.32 Å². The Balaban J connectivity index is 1.80. The summed E-state index contributed by atoms with van der Waals surface area (Å²) in [5, 5.41) is 2.97. The highest BCUT2D eigenvalue weighted by molar-refractivity contribution is 7.91. The molecular weight excluding hydrogens is 334 g/mol. The first-order chi connectivity index (χ1) is 12.0. The average molecular weight is 357 g/mol. The number of sulfone groups is 1. The molecule has 2 aromatic rings. The van der Waals surface area contributed by atoms with Crippen LogP contribution in [0.15, 0.2) is 59.5 Å². The van der Waals surface area contributed by atoms with Crippen molar-refractivity contribution in [2.75, 3.05) is 12.3 Å². The van der Waals surface area contributed by atoms with Gasteiger partial charge in [0, 0.05) is 12.0 Å². The Kier molecular flexibility index (Phi) is 4.95. The predicted molar refractivity (Wildman–Crippen MR) is 98.5 cm³/mol. The molecule has 0 radical (unpaired) electrons. The van der Waals surface area contributed by atoms with Crippen LogP contribution in [0.5, 0.6) is 0 Å². The van der Waals surface area contributed by atoms with Gasteiger partial charge in [0.15, 0.2) is 9.84 Å². The first kappa shape index (κ1) is 17.7. The Labute approximate surface area is 149 Å². The Morgan fingerprint density at radius 1 is 1.04 bits per heavy atom. The minimum Gasteiger partial charge on any atom is -0.351 e. The van der Waals surface area contributed by atoms with Gasteiger partial charge in [0.05, 0.1) is 16.2 Å². The van der Waals surface area contributed by atoms with E-state index in [9.17, 15) is 13.2 Å². The summed E-state index contributed by atoms with van der Waals surface area (Å²) in [6, 6.07) is 16.6. The molecule has 1 amide bonds. The van der Waals surface area contributed by atoms with Gasteiger partial charge >= 0.3 is 0 Å². The average Bonchev–Trinajstić information content (AvgIpc) is 2.61. The summed E-state index contributed by atoms with van der Waals surface area (Å²) in [7, 11) is -3.43. The summed E-state index contributed by atoms with van der Waals surface area (Å²) < 4.78 is 24.5. The monoisotopic (exact) mass is 357 g/mol. The van der Waals surface area contributed by atoms with Crippen LogP contribution in [-0.4, -0.2) is 26.6 Å². The Morgan fingerprint density at radius 2 is 1.68 bits per heavy atom. The zero-order valence-corrected chi connectivity index (χ0v) is 15.2. The number of hydrogen-bond donors (Lipinski definition) is 1. The Hall–Kier alpha value is -2.14. The lowest BCUT2D eigenvalue weighted by Crippen LogP contribution is -2.45. The molecule has 5 heteroatoms. The molecule has 0 spiro atoms. The molecule has 1 aliphatic carbocycles. The second-order valence-electron chi connectivity index (χ2n) is 6.58. The quantitative estimate of drug-likeness (QED) is 0.862. The van der Waals surface area contributed by atoms with Crippen LogP contribution in [0.4, 0.5) is 0 Å². The van der Waals surface area contributed by atoms with Gasteiger partial charge in [-0.15, -0.1) is 0 Å². The van der Waals surface area contributed by atoms with E-state index < -0.39 is 9.84 Å². The third kappa shape index (κ3) is 3.47. The standard InChI is InChI=1S/C20H23NO3S/c1-2-25(23,24)18-12-7-6-11-17(18)19(22)21-15-20(13-8-14-20)16-9-4-3-5-10-16/h3-7,9-12H,2,8,13-15H2,1H3,(H,21,22). The highest BCUT2D eigenvalue weighted by Crippen LogP contribution is 2.43. The molecule has 0 aliphatic heterocycles. The van der Waals surface area contributed by atoms with Gasteiger partial charge in [0.1, 0.15) is 0 Å². The zero-order chi connectivity index (χ0) is 17.9. The molecule has 1 N–H and O–H groups in total. The van der Waals surface area contributed by atoms with Crippen molar-refractivity contribution in [3.8, 4) is 0 Å². The number of hydrogen-bond acceptors (Lipinski definition) is 3. The van der Waals surface area contributed by atoms with Crippen molar-refractivity contribution in [1.82, 2.24) is 5.32 Å². The molecule has 0 aromatic heterocycles. The van der Waals surface area contributed by atoms with Gasteiger partial charge in [-0.05, 0) is 30.5 Å². The van der Waals surface area contributed by atoms with Crippen LogP contribution in [0, 0.1) is 0 Å². The maximum Gasteiger partial charge on any atom is 0.252 e. The largest absolute Gasteiger partial charge is 0.351 e. The van der Waals surface area contributed by atoms with Crippen molar-refractivity contribution in [2.45, 2.75) is 36.5 Å². The molecule has 1 aliphatic rings. The lowest BCUT2D eigenvalue weighted by Gasteiger charge is -2.42. The maximum atomic E-state index is 12.7. The van der Waals surface area contributed by atoms with E-state index in [1.807, 2.05) is 18.2 Å². The van der Waals surface area contributed by atoms with E-state index in [2.05, 4.69) is 17.4 Å². The molecule has 0 heterocycles. The number of carbonyl (C=O) groups is 1. The first-order valence-corrected chi connectivity index (χ1v) is 10.3. The third-order valence-electron chi connectivity index (χ3n) is 5.13. The van der Waals surface area contributed by atoms with Gasteiger partial charge in [0.25, 0.3) is 5.91 Å². The fraction of sp³-hybridized carbons (Fsp3) is 0.350. The molecule has 4 nitrogen and oxygen atoms in total. The number of rotatable bonds is 6. The molecule has 132 valence electrons. The minimum atomic E-state index is -3.43. The molecule has 1 saturated carbocycles. The van der Waals surface area contributed by atoms with E-state index in [0.717, 1.165) is 19.3 Å². The van der Waals surface area contributed by atoms with Crippen LogP contribution in [0.2, 0.25) is 0 Å². The number of nitrogens with one attached hydrogen (secondary N) is 1. The van der Waals surface area contributed by atoms with Crippen molar-refractivity contribution in [3.05, 3.63) is 65.7 Å². The summed E-state index contributed by atoms with van der Waals surface area (Å²) in [6.45, 7) is 2.11. The molecule has 25 heavy (non-hydrogen) atoms. The first-order valence-electron chi connectivity index (χ1n) is 8.64. The SMILES string of the molecule is CCS(=O)(=O)c1ccccc1C(=O)NCC1(c2ccccc2)CCC1. The molecule has 3 rings (SSSR count). The smallest absolute Gasteiger partial charge is 0.252 e. The molecule has 0 atom stereocenters. The second-order valence-corrected chi connectivity index (χ2v) is 8.83. The topological polar surface area (TPSA) is 63.2 Å². The van der Waals surface area contributed by atoms with Crippen LogP contribution in [-0.2, 0) is 15.3 Å². The molecule has 0 bridgehead atoms. The summed E-state index contributed by atoms with van der Waals surface area (Å²) in [5.41, 5.74) is 1.43. The maximum absolute atomic E-state index is 12.7. The van der Waals surface area contributed by atoms with Gasteiger partial charge in [-0.2, -0.15) is 0 Å². The molecule has 0 unspecified atom stereocenters. The minimum absolute atomic E-state index is 0.0226. The van der Waals surface area contributed by atoms with Crippen molar-refractivity contribution in [3.63, 3.8) is 0 Å². The number of carbonyl (C=O) groups excluding carboxylic acids is 1. The molecular formula is C20H23NO3S. The summed E-state index contributed by atoms with van der Waals surface area (Å²) in [5.74, 6) is -0.347. The summed E-state index contributed by atoms with van der Waals surface area (Å²) >= 11 is 0. The molecule has 1 fully saturated rings. The number of amides is 1. The molecule has 2 aromatic carbocycles. The van der Waals surface area contributed by atoms with Crippen molar-refractivity contribution in [1.29, 1.82) is 0 Å². The van der Waals surface area contributed by atoms with E-state index in [0.29, 0.717) is 6.54 Å². The van der Waals surface area contributed by atoms with E-state index in [1.54, 1.807) is 25.1 Å². The predicted octanol–water partition coefficient (Wildman–Crippen LogP) is 3.33. The van der Waals surface area contributed by atoms with Crippen molar-refractivity contribution in [2.24, 2.45) is 0 Å². The fourth-order valence-electron chi connectivity index (χ4n) is 3.39. The van der Waals surface area contributed by atoms with Crippen LogP contribution in [0.25, 0.3) is 0 Å². The lowest BCUT2D eigenvalue weighted by molar-refractivity contribution is 0.0924. The fourth-order valence-corrected chi connectivity index (χ4v) is 4.48. The van der Waals surface area contributed by atoms with Gasteiger partial charge in [-0.25, -0.2) is 8.42 Å². The third-order valence-corrected chi connectivity index (χ3v) is 6.92. The summed E-state index contributed by atoms with van der Waals surface area (Å²) in [6.07, 6.45) is 3.21. The van der Waals surface area contributed by atoms with Gasteiger partial charge in [-0.3, -0.25) is 4.79 Å². The van der Waals surface area contributed by atoms with E-state index >= 15 is 0 Å². The van der Waals surface area contributed by atoms with Crippen LogP contribution >= 0.6 is 0 Å². The second kappa shape index (κ2) is 7.00. The van der Waals surface area contributed by atoms with Crippen molar-refractivity contribution >= 4 is 15.7 Å². The van der Waals surface area contributed by atoms with Crippen LogP contribution in [0.1, 0.15) is 42.1 Å². The summed E-state index contributed by atoms with van der Waals surface area (Å²) in [4.78, 5) is 12.8. The van der Waals surface area contributed by atoms with Crippen molar-refractivity contribution < 1.29 is 13.2 Å². The lowest BCUT2D eigenvalue weighted by atomic mass is 9.64. The van der Waals surface area contributed by atoms with E-state index in [4.69, 9.17) is 0 Å². The van der Waals surface area contributed by atoms with Gasteiger partial charge in [0.2, 0.25) is 0 Å². The van der Waals surface area contributed by atoms with Gasteiger partial charge in [-0.1, -0.05) is 55.8 Å². The Morgan fingerprint density at radius 3 is 2.28 bits per heavy atom. The Bertz CT molecular complexity index is 856.